The molecule has 53 heavy (non-hydrogen) atoms. The zero-order valence-corrected chi connectivity index (χ0v) is 33.7. The van der Waals surface area contributed by atoms with E-state index >= 15 is 0 Å². The Morgan fingerprint density at radius 3 is 2.25 bits per heavy atom. The molecule has 3 amide bonds. The van der Waals surface area contributed by atoms with Crippen LogP contribution in [-0.2, 0) is 28.6 Å². The van der Waals surface area contributed by atoms with Crippen molar-refractivity contribution in [1.82, 2.24) is 25.8 Å². The number of benzene rings is 1. The molecule has 1 aliphatic carbocycles. The number of esters is 1. The lowest BCUT2D eigenvalue weighted by atomic mass is 9.83. The summed E-state index contributed by atoms with van der Waals surface area (Å²) in [7, 11) is 1.30. The van der Waals surface area contributed by atoms with E-state index in [9.17, 15) is 19.2 Å². The number of carbonyl (C=O) groups is 4. The van der Waals surface area contributed by atoms with E-state index in [1.54, 1.807) is 26.3 Å². The monoisotopic (exact) mass is 751 g/mol. The van der Waals surface area contributed by atoms with Crippen molar-refractivity contribution in [2.45, 2.75) is 123 Å². The van der Waals surface area contributed by atoms with Crippen molar-refractivity contribution >= 4 is 35.2 Å². The Morgan fingerprint density at radius 1 is 1.00 bits per heavy atom. The van der Waals surface area contributed by atoms with Gasteiger partial charge < -0.3 is 35.1 Å². The number of amides is 3. The molecule has 1 saturated heterocycles. The summed E-state index contributed by atoms with van der Waals surface area (Å²) < 4.78 is 16.9. The second kappa shape index (κ2) is 17.4. The van der Waals surface area contributed by atoms with Gasteiger partial charge in [0.1, 0.15) is 17.7 Å². The number of alkyl carbamates (subject to hydrolysis) is 1. The van der Waals surface area contributed by atoms with E-state index in [2.05, 4.69) is 32.8 Å². The Kier molecular flexibility index (Phi) is 13.7. The van der Waals surface area contributed by atoms with Crippen LogP contribution in [0.3, 0.4) is 0 Å². The van der Waals surface area contributed by atoms with E-state index in [1.165, 1.54) is 23.3 Å². The van der Waals surface area contributed by atoms with Crippen LogP contribution in [0.1, 0.15) is 98.4 Å². The van der Waals surface area contributed by atoms with E-state index in [0.717, 1.165) is 29.0 Å². The molecule has 1 aromatic carbocycles. The third kappa shape index (κ3) is 12.5. The third-order valence-electron chi connectivity index (χ3n) is 8.97. The number of nitrogens with zero attached hydrogens (tertiary/aromatic N) is 2. The van der Waals surface area contributed by atoms with Gasteiger partial charge in [-0.1, -0.05) is 50.0 Å². The second-order valence-corrected chi connectivity index (χ2v) is 17.4. The first-order valence-corrected chi connectivity index (χ1v) is 19.2. The van der Waals surface area contributed by atoms with Gasteiger partial charge in [0.05, 0.1) is 53.9 Å². The SMILES string of the molecule is COC(=O)C[C@H](NC(=O)[C@@H]1C[C@@H](OC(C)(C)C)CN1C(=O)[C@@H](NC(=O)OC(C)(C)C)C(C)(C)CNCC#CC1CC1)c1ccc(-c2scnc2C)cc1. The molecule has 1 aliphatic heterocycles. The second-order valence-electron chi connectivity index (χ2n) is 16.6. The van der Waals surface area contributed by atoms with Crippen LogP contribution in [0.25, 0.3) is 10.4 Å². The molecule has 0 unspecified atom stereocenters. The van der Waals surface area contributed by atoms with Crippen LogP contribution in [0.2, 0.25) is 0 Å². The molecular formula is C40H57N5O7S. The van der Waals surface area contributed by atoms with Gasteiger partial charge in [-0.25, -0.2) is 9.78 Å². The number of hydrogen-bond donors (Lipinski definition) is 3. The number of ether oxygens (including phenoxy) is 3. The largest absolute Gasteiger partial charge is 0.469 e. The van der Waals surface area contributed by atoms with E-state index < -0.39 is 64.7 Å². The quantitative estimate of drug-likeness (QED) is 0.136. The van der Waals surface area contributed by atoms with Crippen LogP contribution < -0.4 is 16.0 Å². The maximum atomic E-state index is 14.7. The maximum Gasteiger partial charge on any atom is 0.408 e. The zero-order valence-electron chi connectivity index (χ0n) is 32.9. The highest BCUT2D eigenvalue weighted by Gasteiger charge is 2.47. The molecular weight excluding hydrogens is 695 g/mol. The number of rotatable bonds is 13. The molecule has 2 aliphatic rings. The molecule has 12 nitrogen and oxygen atoms in total. The molecule has 2 aromatic rings. The summed E-state index contributed by atoms with van der Waals surface area (Å²) in [6.07, 6.45) is 1.16. The number of hydrogen-bond acceptors (Lipinski definition) is 10. The minimum Gasteiger partial charge on any atom is -0.469 e. The molecule has 1 aromatic heterocycles. The Labute approximate surface area is 318 Å². The van der Waals surface area contributed by atoms with Crippen molar-refractivity contribution in [3.8, 4) is 22.3 Å². The van der Waals surface area contributed by atoms with Crippen LogP contribution >= 0.6 is 11.3 Å². The van der Waals surface area contributed by atoms with E-state index in [1.807, 2.05) is 65.8 Å². The van der Waals surface area contributed by atoms with Crippen LogP contribution in [0, 0.1) is 30.1 Å². The zero-order chi connectivity index (χ0) is 39.1. The van der Waals surface area contributed by atoms with Crippen molar-refractivity contribution in [2.24, 2.45) is 11.3 Å². The average Bonchev–Trinajstić information content (AvgIpc) is 3.64. The fourth-order valence-corrected chi connectivity index (χ4v) is 7.06. The van der Waals surface area contributed by atoms with Crippen molar-refractivity contribution in [3.05, 3.63) is 41.0 Å². The molecule has 2 heterocycles. The summed E-state index contributed by atoms with van der Waals surface area (Å²) in [5, 5.41) is 9.21. The van der Waals surface area contributed by atoms with Gasteiger partial charge in [0, 0.05) is 30.8 Å². The van der Waals surface area contributed by atoms with Gasteiger partial charge in [-0.05, 0) is 72.4 Å². The van der Waals surface area contributed by atoms with Gasteiger partial charge in [0.25, 0.3) is 0 Å². The fourth-order valence-electron chi connectivity index (χ4n) is 6.25. The molecule has 4 atom stereocenters. The summed E-state index contributed by atoms with van der Waals surface area (Å²) in [6, 6.07) is 4.85. The van der Waals surface area contributed by atoms with Crippen LogP contribution in [0.15, 0.2) is 29.8 Å². The maximum absolute atomic E-state index is 14.7. The molecule has 0 spiro atoms. The average molecular weight is 752 g/mol. The van der Waals surface area contributed by atoms with Gasteiger partial charge in [-0.2, -0.15) is 0 Å². The first-order valence-electron chi connectivity index (χ1n) is 18.3. The number of nitrogens with one attached hydrogen (secondary N) is 3. The first-order chi connectivity index (χ1) is 24.8. The van der Waals surface area contributed by atoms with Gasteiger partial charge in [0.15, 0.2) is 0 Å². The van der Waals surface area contributed by atoms with Gasteiger partial charge >= 0.3 is 12.1 Å². The number of aryl methyl sites for hydroxylation is 1. The highest BCUT2D eigenvalue weighted by atomic mass is 32.1. The summed E-state index contributed by atoms with van der Waals surface area (Å²) >= 11 is 1.54. The van der Waals surface area contributed by atoms with Crippen LogP contribution in [0.5, 0.6) is 0 Å². The van der Waals surface area contributed by atoms with E-state index in [4.69, 9.17) is 14.2 Å². The van der Waals surface area contributed by atoms with Gasteiger partial charge in [-0.3, -0.25) is 14.4 Å². The molecule has 2 fully saturated rings. The number of aromatic nitrogens is 1. The predicted octanol–water partition coefficient (Wildman–Crippen LogP) is 5.55. The summed E-state index contributed by atoms with van der Waals surface area (Å²) in [5.41, 5.74) is 2.21. The normalized spacial score (nSPS) is 18.7. The number of likely N-dealkylation sites (tertiary alicyclic amines) is 1. The standard InChI is InChI=1S/C40H57N5O7S/c1-25-33(53-24-42-25)28-17-15-27(16-18-28)30(21-32(46)50-10)43-35(47)31-20-29(51-38(2,3)4)22-45(31)36(48)34(44-37(49)52-39(5,6)7)40(8,9)23-41-19-11-12-26-13-14-26/h15-18,24,26,29-31,34,41H,13-14,19-23H2,1-10H3,(H,43,47)(H,44,49)/t29-,30+,31+,34-/m1/s1. The third-order valence-corrected chi connectivity index (χ3v) is 9.95. The predicted molar refractivity (Wildman–Crippen MR) is 205 cm³/mol. The highest BCUT2D eigenvalue weighted by Crippen LogP contribution is 2.32. The fraction of sp³-hybridized carbons (Fsp3) is 0.625. The first kappa shape index (κ1) is 41.8. The van der Waals surface area contributed by atoms with Crippen LogP contribution in [-0.4, -0.2) is 89.9 Å². The minimum atomic E-state index is -1.07. The van der Waals surface area contributed by atoms with Crippen LogP contribution in [0.4, 0.5) is 4.79 Å². The van der Waals surface area contributed by atoms with E-state index in [0.29, 0.717) is 24.6 Å². The topological polar surface area (TPSA) is 148 Å². The van der Waals surface area contributed by atoms with E-state index in [-0.39, 0.29) is 19.4 Å². The summed E-state index contributed by atoms with van der Waals surface area (Å²) in [6.45, 7) is 17.6. The van der Waals surface area contributed by atoms with Crippen molar-refractivity contribution in [1.29, 1.82) is 0 Å². The Morgan fingerprint density at radius 2 is 1.68 bits per heavy atom. The Balaban J connectivity index is 1.62. The van der Waals surface area contributed by atoms with Crippen molar-refractivity contribution in [3.63, 3.8) is 0 Å². The Hall–Kier alpha value is -3.99. The Bertz CT molecular complexity index is 1660. The number of methoxy groups -OCH3 is 1. The molecule has 1 saturated carbocycles. The number of carbonyl (C=O) groups excluding carboxylic acids is 4. The smallest absolute Gasteiger partial charge is 0.408 e. The molecule has 13 heteroatoms. The lowest BCUT2D eigenvalue weighted by molar-refractivity contribution is -0.144. The van der Waals surface area contributed by atoms with Gasteiger partial charge in [-0.15, -0.1) is 11.3 Å². The highest BCUT2D eigenvalue weighted by molar-refractivity contribution is 7.13. The molecule has 0 radical (unpaired) electrons. The lowest BCUT2D eigenvalue weighted by Gasteiger charge is -2.38. The van der Waals surface area contributed by atoms with Gasteiger partial charge in [0.2, 0.25) is 11.8 Å². The molecule has 4 rings (SSSR count). The van der Waals surface area contributed by atoms with Crippen molar-refractivity contribution < 1.29 is 33.4 Å². The summed E-state index contributed by atoms with van der Waals surface area (Å²) in [5.74, 6) is 5.46. The molecule has 290 valence electrons. The number of thiazole rings is 1. The molecule has 3 N–H and O–H groups in total. The minimum absolute atomic E-state index is 0.116. The molecule has 0 bridgehead atoms. The van der Waals surface area contributed by atoms with Crippen molar-refractivity contribution in [2.75, 3.05) is 26.7 Å². The lowest BCUT2D eigenvalue weighted by Crippen LogP contribution is -2.60. The summed E-state index contributed by atoms with van der Waals surface area (Å²) in [4.78, 5) is 61.8.